The van der Waals surface area contributed by atoms with E-state index in [0.29, 0.717) is 0 Å². The van der Waals surface area contributed by atoms with Gasteiger partial charge < -0.3 is 5.73 Å². The van der Waals surface area contributed by atoms with E-state index in [1.54, 1.807) is 11.3 Å². The standard InChI is InChI=1S/C11H16N4S/c1-11(2,12)10-7-15(14-13-10)5-3-9-4-6-16-8-9/h4,6-8H,3,5,12H2,1-2H3. The van der Waals surface area contributed by atoms with Crippen molar-refractivity contribution in [3.63, 3.8) is 0 Å². The SMILES string of the molecule is CC(C)(N)c1cn(CCc2ccsc2)nn1. The van der Waals surface area contributed by atoms with Crippen LogP contribution in [0.1, 0.15) is 25.1 Å². The highest BCUT2D eigenvalue weighted by Gasteiger charge is 2.17. The number of hydrogen-bond donors (Lipinski definition) is 1. The van der Waals surface area contributed by atoms with Crippen molar-refractivity contribution in [1.82, 2.24) is 15.0 Å². The second kappa shape index (κ2) is 4.35. The van der Waals surface area contributed by atoms with Gasteiger partial charge in [-0.25, -0.2) is 0 Å². The summed E-state index contributed by atoms with van der Waals surface area (Å²) in [6.45, 7) is 4.71. The van der Waals surface area contributed by atoms with E-state index < -0.39 is 5.54 Å². The molecule has 2 aromatic rings. The quantitative estimate of drug-likeness (QED) is 0.880. The van der Waals surface area contributed by atoms with Gasteiger partial charge in [0.05, 0.1) is 11.7 Å². The van der Waals surface area contributed by atoms with Crippen LogP contribution in [-0.2, 0) is 18.5 Å². The lowest BCUT2D eigenvalue weighted by molar-refractivity contribution is 0.533. The zero-order chi connectivity index (χ0) is 11.6. The molecule has 0 bridgehead atoms. The van der Waals surface area contributed by atoms with Crippen LogP contribution in [0.25, 0.3) is 0 Å². The Hall–Kier alpha value is -1.20. The van der Waals surface area contributed by atoms with Gasteiger partial charge in [0.25, 0.3) is 0 Å². The van der Waals surface area contributed by atoms with Crippen molar-refractivity contribution < 1.29 is 0 Å². The van der Waals surface area contributed by atoms with Crippen LogP contribution < -0.4 is 5.73 Å². The molecule has 5 heteroatoms. The third kappa shape index (κ3) is 2.68. The molecule has 2 aromatic heterocycles. The summed E-state index contributed by atoms with van der Waals surface area (Å²) in [7, 11) is 0. The van der Waals surface area contributed by atoms with E-state index in [0.717, 1.165) is 18.7 Å². The summed E-state index contributed by atoms with van der Waals surface area (Å²) >= 11 is 1.72. The Morgan fingerprint density at radius 3 is 2.88 bits per heavy atom. The zero-order valence-electron chi connectivity index (χ0n) is 9.55. The second-order valence-electron chi connectivity index (χ2n) is 4.47. The number of rotatable bonds is 4. The highest BCUT2D eigenvalue weighted by Crippen LogP contribution is 2.13. The van der Waals surface area contributed by atoms with Crippen LogP contribution in [0, 0.1) is 0 Å². The minimum atomic E-state index is -0.416. The van der Waals surface area contributed by atoms with Crippen LogP contribution in [0.4, 0.5) is 0 Å². The first-order valence-electron chi connectivity index (χ1n) is 5.26. The molecule has 0 atom stereocenters. The molecular weight excluding hydrogens is 220 g/mol. The zero-order valence-corrected chi connectivity index (χ0v) is 10.4. The molecule has 2 N–H and O–H groups in total. The normalized spacial score (nSPS) is 11.9. The maximum absolute atomic E-state index is 5.95. The van der Waals surface area contributed by atoms with Crippen molar-refractivity contribution in [1.29, 1.82) is 0 Å². The summed E-state index contributed by atoms with van der Waals surface area (Å²) in [4.78, 5) is 0. The average molecular weight is 236 g/mol. The third-order valence-corrected chi connectivity index (χ3v) is 3.14. The lowest BCUT2D eigenvalue weighted by Crippen LogP contribution is -2.29. The topological polar surface area (TPSA) is 56.7 Å². The predicted octanol–water partition coefficient (Wildman–Crippen LogP) is 1.78. The fourth-order valence-electron chi connectivity index (χ4n) is 1.38. The summed E-state index contributed by atoms with van der Waals surface area (Å²) in [5.74, 6) is 0. The number of nitrogens with zero attached hydrogens (tertiary/aromatic N) is 3. The number of thiophene rings is 1. The van der Waals surface area contributed by atoms with E-state index in [-0.39, 0.29) is 0 Å². The van der Waals surface area contributed by atoms with Crippen molar-refractivity contribution in [3.05, 3.63) is 34.3 Å². The summed E-state index contributed by atoms with van der Waals surface area (Å²) in [6.07, 6.45) is 2.91. The first-order chi connectivity index (χ1) is 7.55. The van der Waals surface area contributed by atoms with Crippen molar-refractivity contribution >= 4 is 11.3 Å². The van der Waals surface area contributed by atoms with Gasteiger partial charge in [0.1, 0.15) is 5.69 Å². The highest BCUT2D eigenvalue weighted by atomic mass is 32.1. The average Bonchev–Trinajstić information content (AvgIpc) is 2.85. The van der Waals surface area contributed by atoms with E-state index in [9.17, 15) is 0 Å². The molecule has 0 unspecified atom stereocenters. The number of aromatic nitrogens is 3. The van der Waals surface area contributed by atoms with Crippen LogP contribution in [0.3, 0.4) is 0 Å². The van der Waals surface area contributed by atoms with E-state index >= 15 is 0 Å². The van der Waals surface area contributed by atoms with Gasteiger partial charge in [0.15, 0.2) is 0 Å². The van der Waals surface area contributed by atoms with E-state index in [4.69, 9.17) is 5.73 Å². The molecular formula is C11H16N4S. The second-order valence-corrected chi connectivity index (χ2v) is 5.25. The van der Waals surface area contributed by atoms with Gasteiger partial charge in [-0.3, -0.25) is 4.68 Å². The molecule has 0 radical (unpaired) electrons. The molecule has 86 valence electrons. The first kappa shape index (κ1) is 11.3. The molecule has 0 aliphatic rings. The molecule has 0 saturated heterocycles. The van der Waals surface area contributed by atoms with Gasteiger partial charge in [-0.05, 0) is 42.7 Å². The van der Waals surface area contributed by atoms with Gasteiger partial charge >= 0.3 is 0 Å². The summed E-state index contributed by atoms with van der Waals surface area (Å²) in [5.41, 5.74) is 7.70. The Kier molecular flexibility index (Phi) is 3.07. The van der Waals surface area contributed by atoms with Crippen molar-refractivity contribution in [2.45, 2.75) is 32.4 Å². The molecule has 2 rings (SSSR count). The number of nitrogens with two attached hydrogens (primary N) is 1. The maximum Gasteiger partial charge on any atom is 0.102 e. The fourth-order valence-corrected chi connectivity index (χ4v) is 2.08. The molecule has 0 saturated carbocycles. The Balaban J connectivity index is 1.98. The van der Waals surface area contributed by atoms with Gasteiger partial charge in [0, 0.05) is 6.54 Å². The lowest BCUT2D eigenvalue weighted by Gasteiger charge is -2.13. The van der Waals surface area contributed by atoms with Gasteiger partial charge in [-0.1, -0.05) is 5.21 Å². The van der Waals surface area contributed by atoms with Gasteiger partial charge in [-0.15, -0.1) is 5.10 Å². The van der Waals surface area contributed by atoms with Crippen molar-refractivity contribution in [2.24, 2.45) is 5.73 Å². The molecule has 2 heterocycles. The monoisotopic (exact) mass is 236 g/mol. The van der Waals surface area contributed by atoms with Crippen LogP contribution in [-0.4, -0.2) is 15.0 Å². The Morgan fingerprint density at radius 2 is 2.31 bits per heavy atom. The summed E-state index contributed by atoms with van der Waals surface area (Å²) < 4.78 is 1.85. The molecule has 0 fully saturated rings. The number of aryl methyl sites for hydroxylation is 2. The van der Waals surface area contributed by atoms with Crippen LogP contribution in [0.15, 0.2) is 23.0 Å². The van der Waals surface area contributed by atoms with Crippen LogP contribution in [0.2, 0.25) is 0 Å². The lowest BCUT2D eigenvalue weighted by atomic mass is 10.0. The largest absolute Gasteiger partial charge is 0.320 e. The minimum absolute atomic E-state index is 0.416. The molecule has 0 spiro atoms. The molecule has 0 amide bonds. The molecule has 0 aromatic carbocycles. The van der Waals surface area contributed by atoms with Crippen molar-refractivity contribution in [3.8, 4) is 0 Å². The Labute approximate surface area is 99.1 Å². The predicted molar refractivity (Wildman–Crippen MR) is 65.3 cm³/mol. The van der Waals surface area contributed by atoms with E-state index in [1.165, 1.54) is 5.56 Å². The minimum Gasteiger partial charge on any atom is -0.320 e. The van der Waals surface area contributed by atoms with Gasteiger partial charge in [-0.2, -0.15) is 11.3 Å². The van der Waals surface area contributed by atoms with E-state index in [2.05, 4.69) is 27.1 Å². The molecule has 4 nitrogen and oxygen atoms in total. The summed E-state index contributed by atoms with van der Waals surface area (Å²) in [5, 5.41) is 12.4. The van der Waals surface area contributed by atoms with Crippen molar-refractivity contribution in [2.75, 3.05) is 0 Å². The Bertz CT molecular complexity index is 439. The van der Waals surface area contributed by atoms with Gasteiger partial charge in [0.2, 0.25) is 0 Å². The van der Waals surface area contributed by atoms with Crippen LogP contribution >= 0.6 is 11.3 Å². The summed E-state index contributed by atoms with van der Waals surface area (Å²) in [6, 6.07) is 2.13. The highest BCUT2D eigenvalue weighted by molar-refractivity contribution is 7.07. The third-order valence-electron chi connectivity index (χ3n) is 2.41. The van der Waals surface area contributed by atoms with E-state index in [1.807, 2.05) is 24.7 Å². The maximum atomic E-state index is 5.95. The Morgan fingerprint density at radius 1 is 1.50 bits per heavy atom. The molecule has 16 heavy (non-hydrogen) atoms. The van der Waals surface area contributed by atoms with Crippen LogP contribution in [0.5, 0.6) is 0 Å². The molecule has 0 aliphatic carbocycles. The number of hydrogen-bond acceptors (Lipinski definition) is 4. The fraction of sp³-hybridized carbons (Fsp3) is 0.455. The molecule has 0 aliphatic heterocycles. The smallest absolute Gasteiger partial charge is 0.102 e. The first-order valence-corrected chi connectivity index (χ1v) is 6.20.